The van der Waals surface area contributed by atoms with Crippen LogP contribution in [0.25, 0.3) is 0 Å². The summed E-state index contributed by atoms with van der Waals surface area (Å²) in [5.41, 5.74) is 0.404. The molecule has 0 bridgehead atoms. The molecular formula is C15H15NO5. The molecule has 2 rings (SSSR count). The lowest BCUT2D eigenvalue weighted by Crippen LogP contribution is -2.65. The van der Waals surface area contributed by atoms with Gasteiger partial charge < -0.3 is 5.11 Å². The summed E-state index contributed by atoms with van der Waals surface area (Å²) in [6.07, 6.45) is -0.151. The van der Waals surface area contributed by atoms with Crippen molar-refractivity contribution >= 4 is 23.6 Å². The fourth-order valence-electron chi connectivity index (χ4n) is 2.53. The summed E-state index contributed by atoms with van der Waals surface area (Å²) >= 11 is 0. The van der Waals surface area contributed by atoms with Crippen LogP contribution in [0.1, 0.15) is 30.1 Å². The number of carboxylic acids is 1. The van der Waals surface area contributed by atoms with Crippen LogP contribution in [0.2, 0.25) is 0 Å². The van der Waals surface area contributed by atoms with E-state index in [2.05, 4.69) is 0 Å². The number of nitrogens with zero attached hydrogens (tertiary/aromatic N) is 1. The summed E-state index contributed by atoms with van der Waals surface area (Å²) in [5.74, 6) is -3.08. The van der Waals surface area contributed by atoms with Gasteiger partial charge in [-0.1, -0.05) is 30.3 Å². The number of imide groups is 1. The number of likely N-dealkylation sites (tertiary alicyclic amines) is 1. The predicted molar refractivity (Wildman–Crippen MR) is 72.4 cm³/mol. The van der Waals surface area contributed by atoms with Gasteiger partial charge in [-0.3, -0.25) is 24.1 Å². The number of amides is 2. The maximum absolute atomic E-state index is 12.4. The number of Topliss-reactive ketones (excluding diaryl/α,β-unsaturated/α-hetero) is 1. The number of rotatable bonds is 5. The first-order valence-corrected chi connectivity index (χ1v) is 6.58. The molecule has 2 atom stereocenters. The molecule has 1 fully saturated rings. The first-order chi connectivity index (χ1) is 9.93. The normalized spacial score (nSPS) is 20.8. The van der Waals surface area contributed by atoms with E-state index in [1.807, 2.05) is 0 Å². The van der Waals surface area contributed by atoms with Crippen LogP contribution in [-0.4, -0.2) is 39.6 Å². The summed E-state index contributed by atoms with van der Waals surface area (Å²) in [6.45, 7) is 1.22. The van der Waals surface area contributed by atoms with Gasteiger partial charge in [-0.25, -0.2) is 0 Å². The monoisotopic (exact) mass is 289 g/mol. The molecule has 6 heteroatoms. The van der Waals surface area contributed by atoms with E-state index >= 15 is 0 Å². The molecular weight excluding hydrogens is 274 g/mol. The van der Waals surface area contributed by atoms with Gasteiger partial charge >= 0.3 is 5.97 Å². The highest BCUT2D eigenvalue weighted by Crippen LogP contribution is 2.33. The Bertz CT molecular complexity index is 595. The number of carbonyl (C=O) groups excluding carboxylic acids is 3. The fraction of sp³-hybridized carbons (Fsp3) is 0.333. The van der Waals surface area contributed by atoms with Crippen molar-refractivity contribution in [3.05, 3.63) is 35.9 Å². The molecule has 6 nitrogen and oxygen atoms in total. The number of benzene rings is 1. The van der Waals surface area contributed by atoms with E-state index in [-0.39, 0.29) is 18.6 Å². The average molecular weight is 289 g/mol. The number of aliphatic carboxylic acids is 1. The second-order valence-corrected chi connectivity index (χ2v) is 4.94. The number of hydrogen-bond donors (Lipinski definition) is 1. The van der Waals surface area contributed by atoms with E-state index in [1.165, 1.54) is 6.92 Å². The van der Waals surface area contributed by atoms with Crippen LogP contribution in [-0.2, 0) is 14.4 Å². The molecule has 1 N–H and O–H groups in total. The molecule has 1 heterocycles. The molecule has 0 aliphatic carbocycles. The quantitative estimate of drug-likeness (QED) is 0.647. The lowest BCUT2D eigenvalue weighted by Gasteiger charge is -2.44. The lowest BCUT2D eigenvalue weighted by molar-refractivity contribution is -0.162. The number of carboxylic acid groups (broad SMARTS) is 1. The molecule has 0 spiro atoms. The Morgan fingerprint density at radius 2 is 1.81 bits per heavy atom. The zero-order valence-corrected chi connectivity index (χ0v) is 11.5. The lowest BCUT2D eigenvalue weighted by atomic mass is 9.79. The van der Waals surface area contributed by atoms with Gasteiger partial charge in [0.15, 0.2) is 5.78 Å². The minimum Gasteiger partial charge on any atom is -0.481 e. The smallest absolute Gasteiger partial charge is 0.303 e. The van der Waals surface area contributed by atoms with Crippen molar-refractivity contribution in [2.75, 3.05) is 0 Å². The van der Waals surface area contributed by atoms with Crippen molar-refractivity contribution in [2.45, 2.75) is 25.8 Å². The van der Waals surface area contributed by atoms with Gasteiger partial charge in [-0.2, -0.15) is 0 Å². The summed E-state index contributed by atoms with van der Waals surface area (Å²) in [4.78, 5) is 47.4. The van der Waals surface area contributed by atoms with Gasteiger partial charge in [0.05, 0.1) is 5.92 Å². The van der Waals surface area contributed by atoms with Crippen molar-refractivity contribution in [1.29, 1.82) is 0 Å². The molecule has 110 valence electrons. The minimum atomic E-state index is -1.03. The summed E-state index contributed by atoms with van der Waals surface area (Å²) in [5, 5.41) is 8.71. The third-order valence-electron chi connectivity index (χ3n) is 3.55. The Labute approximate surface area is 121 Å². The maximum atomic E-state index is 12.4. The maximum Gasteiger partial charge on any atom is 0.303 e. The van der Waals surface area contributed by atoms with E-state index in [1.54, 1.807) is 30.3 Å². The first kappa shape index (κ1) is 14.9. The van der Waals surface area contributed by atoms with Crippen LogP contribution in [0.5, 0.6) is 0 Å². The summed E-state index contributed by atoms with van der Waals surface area (Å²) in [7, 11) is 0. The topological polar surface area (TPSA) is 91.8 Å². The molecule has 1 aliphatic rings. The van der Waals surface area contributed by atoms with E-state index in [0.29, 0.717) is 5.56 Å². The van der Waals surface area contributed by atoms with Crippen molar-refractivity contribution in [2.24, 2.45) is 5.92 Å². The second kappa shape index (κ2) is 5.87. The molecule has 0 saturated carbocycles. The van der Waals surface area contributed by atoms with Crippen LogP contribution in [0.3, 0.4) is 0 Å². The van der Waals surface area contributed by atoms with Crippen molar-refractivity contribution in [1.82, 2.24) is 4.90 Å². The van der Waals surface area contributed by atoms with Gasteiger partial charge in [-0.15, -0.1) is 0 Å². The zero-order chi connectivity index (χ0) is 15.6. The predicted octanol–water partition coefficient (Wildman–Crippen LogP) is 1.11. The average Bonchev–Trinajstić information content (AvgIpc) is 2.44. The number of hydrogen-bond acceptors (Lipinski definition) is 4. The molecule has 1 aliphatic heterocycles. The molecule has 0 unspecified atom stereocenters. The fourth-order valence-corrected chi connectivity index (χ4v) is 2.53. The van der Waals surface area contributed by atoms with Gasteiger partial charge in [0.2, 0.25) is 11.8 Å². The van der Waals surface area contributed by atoms with E-state index in [9.17, 15) is 19.2 Å². The van der Waals surface area contributed by atoms with E-state index < -0.39 is 29.7 Å². The molecule has 1 aromatic carbocycles. The Morgan fingerprint density at radius 1 is 1.19 bits per heavy atom. The third kappa shape index (κ3) is 2.84. The van der Waals surface area contributed by atoms with Gasteiger partial charge in [0.1, 0.15) is 6.04 Å². The molecule has 1 saturated heterocycles. The second-order valence-electron chi connectivity index (χ2n) is 4.94. The Balaban J connectivity index is 2.22. The summed E-state index contributed by atoms with van der Waals surface area (Å²) in [6, 6.07) is 7.47. The third-order valence-corrected chi connectivity index (χ3v) is 3.55. The highest BCUT2D eigenvalue weighted by atomic mass is 16.4. The van der Waals surface area contributed by atoms with Crippen LogP contribution in [0.15, 0.2) is 30.3 Å². The van der Waals surface area contributed by atoms with Crippen LogP contribution in [0, 0.1) is 5.92 Å². The molecule has 21 heavy (non-hydrogen) atoms. The van der Waals surface area contributed by atoms with Crippen LogP contribution < -0.4 is 0 Å². The van der Waals surface area contributed by atoms with Crippen LogP contribution >= 0.6 is 0 Å². The zero-order valence-electron chi connectivity index (χ0n) is 11.5. The Kier molecular flexibility index (Phi) is 4.16. The van der Waals surface area contributed by atoms with Gasteiger partial charge in [0.25, 0.3) is 0 Å². The van der Waals surface area contributed by atoms with Gasteiger partial charge in [0, 0.05) is 18.9 Å². The first-order valence-electron chi connectivity index (χ1n) is 6.58. The minimum absolute atomic E-state index is 0.0567. The van der Waals surface area contributed by atoms with Crippen LogP contribution in [0.4, 0.5) is 0 Å². The van der Waals surface area contributed by atoms with Gasteiger partial charge in [-0.05, 0) is 6.42 Å². The number of carbonyl (C=O) groups is 4. The number of ketones is 1. The van der Waals surface area contributed by atoms with E-state index in [0.717, 1.165) is 4.90 Å². The number of β-lactam (4-membered cyclic amide) rings is 1. The molecule has 0 radical (unpaired) electrons. The Morgan fingerprint density at radius 3 is 2.33 bits per heavy atom. The summed E-state index contributed by atoms with van der Waals surface area (Å²) < 4.78 is 0. The van der Waals surface area contributed by atoms with E-state index in [4.69, 9.17) is 5.11 Å². The highest BCUT2D eigenvalue weighted by molar-refractivity contribution is 6.14. The SMILES string of the molecule is CC(=O)N1C(=O)[C@@H](CCC(=O)O)[C@H]1C(=O)c1ccccc1. The molecule has 2 amide bonds. The van der Waals surface area contributed by atoms with Crippen molar-refractivity contribution in [3.8, 4) is 0 Å². The largest absolute Gasteiger partial charge is 0.481 e. The standard InChI is InChI=1S/C15H15NO5/c1-9(17)16-13(11(15(16)21)7-8-12(18)19)14(20)10-5-3-2-4-6-10/h2-6,11,13H,7-8H2,1H3,(H,18,19)/t11-,13-/m0/s1. The van der Waals surface area contributed by atoms with Crippen molar-refractivity contribution in [3.63, 3.8) is 0 Å². The molecule has 1 aromatic rings. The highest BCUT2D eigenvalue weighted by Gasteiger charge is 2.52. The molecule has 0 aromatic heterocycles. The van der Waals surface area contributed by atoms with Crippen molar-refractivity contribution < 1.29 is 24.3 Å². The Hall–Kier alpha value is -2.50.